The molecular formula is C11H20BrNOSi. The molecule has 1 aromatic rings. The van der Waals surface area contributed by atoms with Gasteiger partial charge in [0.2, 0.25) is 0 Å². The first-order valence-corrected chi connectivity index (χ1v) is 8.90. The summed E-state index contributed by atoms with van der Waals surface area (Å²) in [5.41, 5.74) is 1.13. The van der Waals surface area contributed by atoms with E-state index >= 15 is 0 Å². The highest BCUT2D eigenvalue weighted by Gasteiger charge is 2.37. The number of halogens is 1. The predicted molar refractivity (Wildman–Crippen MR) is 70.5 cm³/mol. The minimum Gasteiger partial charge on any atom is -0.411 e. The molecule has 0 amide bonds. The highest BCUT2D eigenvalue weighted by Crippen LogP contribution is 2.36. The normalized spacial score (nSPS) is 13.2. The van der Waals surface area contributed by atoms with Gasteiger partial charge in [0, 0.05) is 5.69 Å². The summed E-state index contributed by atoms with van der Waals surface area (Å²) in [5, 5.41) is 0.275. The summed E-state index contributed by atoms with van der Waals surface area (Å²) in [6, 6.07) is 4.06. The molecule has 86 valence electrons. The Kier molecular flexibility index (Phi) is 3.84. The first-order chi connectivity index (χ1) is 6.72. The van der Waals surface area contributed by atoms with Crippen LogP contribution < -0.4 is 0 Å². The van der Waals surface area contributed by atoms with Gasteiger partial charge in [-0.1, -0.05) is 20.8 Å². The minimum atomic E-state index is -1.61. The molecule has 0 aliphatic heterocycles. The Morgan fingerprint density at radius 1 is 1.33 bits per heavy atom. The lowest BCUT2D eigenvalue weighted by atomic mass is 10.2. The second kappa shape index (κ2) is 4.43. The van der Waals surface area contributed by atoms with Crippen LogP contribution >= 0.6 is 15.9 Å². The van der Waals surface area contributed by atoms with Crippen molar-refractivity contribution in [2.45, 2.75) is 45.5 Å². The Bertz CT molecular complexity index is 328. The molecule has 0 saturated heterocycles. The van der Waals surface area contributed by atoms with Crippen LogP contribution in [0.25, 0.3) is 0 Å². The number of hydrogen-bond acceptors (Lipinski definition) is 1. The fourth-order valence-corrected chi connectivity index (χ4v) is 2.31. The second-order valence-corrected chi connectivity index (χ2v) is 11.0. The van der Waals surface area contributed by atoms with E-state index in [-0.39, 0.29) is 5.04 Å². The smallest absolute Gasteiger partial charge is 0.192 e. The predicted octanol–water partition coefficient (Wildman–Crippen LogP) is 4.30. The van der Waals surface area contributed by atoms with Crippen LogP contribution in [-0.2, 0) is 11.0 Å². The lowest BCUT2D eigenvalue weighted by Gasteiger charge is -2.36. The van der Waals surface area contributed by atoms with Gasteiger partial charge >= 0.3 is 0 Å². The summed E-state index contributed by atoms with van der Waals surface area (Å²) in [6.07, 6.45) is 0. The standard InChI is InChI=1S/C11H20BrNOSi/c1-11(2,3)15(4,5)14-8-9-6-7-10(12)13-9/h6-7,13H,8H2,1-5H3. The summed E-state index contributed by atoms with van der Waals surface area (Å²) >= 11 is 3.39. The zero-order chi connectivity index (χ0) is 11.7. The van der Waals surface area contributed by atoms with Crippen molar-refractivity contribution >= 4 is 24.2 Å². The Morgan fingerprint density at radius 2 is 1.93 bits per heavy atom. The molecule has 0 bridgehead atoms. The monoisotopic (exact) mass is 289 g/mol. The maximum atomic E-state index is 6.08. The summed E-state index contributed by atoms with van der Waals surface area (Å²) < 4.78 is 7.09. The summed E-state index contributed by atoms with van der Waals surface area (Å²) in [6.45, 7) is 12.0. The molecule has 0 fully saturated rings. The number of rotatable bonds is 3. The molecule has 1 N–H and O–H groups in total. The molecule has 1 aromatic heterocycles. The fraction of sp³-hybridized carbons (Fsp3) is 0.636. The summed E-state index contributed by atoms with van der Waals surface area (Å²) in [4.78, 5) is 3.21. The van der Waals surface area contributed by atoms with Crippen LogP contribution in [0.1, 0.15) is 26.5 Å². The Morgan fingerprint density at radius 3 is 2.33 bits per heavy atom. The van der Waals surface area contributed by atoms with Crippen LogP contribution in [0.5, 0.6) is 0 Å². The van der Waals surface area contributed by atoms with Crippen molar-refractivity contribution in [2.24, 2.45) is 0 Å². The van der Waals surface area contributed by atoms with Crippen molar-refractivity contribution in [2.75, 3.05) is 0 Å². The van der Waals surface area contributed by atoms with Crippen LogP contribution in [0.4, 0.5) is 0 Å². The van der Waals surface area contributed by atoms with Gasteiger partial charge in [-0.05, 0) is 46.2 Å². The molecule has 4 heteroatoms. The highest BCUT2D eigenvalue weighted by molar-refractivity contribution is 9.10. The Labute approximate surface area is 102 Å². The molecule has 0 atom stereocenters. The average molecular weight is 290 g/mol. The molecule has 2 nitrogen and oxygen atoms in total. The zero-order valence-electron chi connectivity index (χ0n) is 10.1. The van der Waals surface area contributed by atoms with E-state index in [1.54, 1.807) is 0 Å². The number of hydrogen-bond donors (Lipinski definition) is 1. The van der Waals surface area contributed by atoms with Crippen molar-refractivity contribution in [1.82, 2.24) is 4.98 Å². The summed E-state index contributed by atoms with van der Waals surface area (Å²) in [5.74, 6) is 0. The van der Waals surface area contributed by atoms with Gasteiger partial charge in [0.1, 0.15) is 0 Å². The third-order valence-electron chi connectivity index (χ3n) is 3.11. The van der Waals surface area contributed by atoms with E-state index in [2.05, 4.69) is 60.8 Å². The number of aromatic nitrogens is 1. The molecule has 0 aromatic carbocycles. The zero-order valence-corrected chi connectivity index (χ0v) is 12.7. The number of aromatic amines is 1. The second-order valence-electron chi connectivity index (χ2n) is 5.38. The molecule has 0 unspecified atom stereocenters. The van der Waals surface area contributed by atoms with E-state index in [4.69, 9.17) is 4.43 Å². The maximum Gasteiger partial charge on any atom is 0.192 e. The molecule has 0 radical (unpaired) electrons. The van der Waals surface area contributed by atoms with Crippen molar-refractivity contribution < 1.29 is 4.43 Å². The van der Waals surface area contributed by atoms with Gasteiger partial charge in [0.15, 0.2) is 8.32 Å². The van der Waals surface area contributed by atoms with Gasteiger partial charge in [-0.25, -0.2) is 0 Å². The van der Waals surface area contributed by atoms with Crippen LogP contribution in [0.15, 0.2) is 16.7 Å². The quantitative estimate of drug-likeness (QED) is 0.825. The van der Waals surface area contributed by atoms with Crippen molar-refractivity contribution in [3.8, 4) is 0 Å². The first-order valence-electron chi connectivity index (χ1n) is 5.20. The van der Waals surface area contributed by atoms with Gasteiger partial charge in [0.25, 0.3) is 0 Å². The number of H-pyrrole nitrogens is 1. The molecule has 0 saturated carbocycles. The van der Waals surface area contributed by atoms with Gasteiger partial charge in [-0.15, -0.1) is 0 Å². The molecule has 0 aliphatic carbocycles. The van der Waals surface area contributed by atoms with Gasteiger partial charge in [-0.3, -0.25) is 0 Å². The Balaban J connectivity index is 2.57. The van der Waals surface area contributed by atoms with E-state index in [1.807, 2.05) is 6.07 Å². The lowest BCUT2D eigenvalue weighted by molar-refractivity contribution is 0.272. The molecule has 0 spiro atoms. The van der Waals surface area contributed by atoms with Gasteiger partial charge in [-0.2, -0.15) is 0 Å². The van der Waals surface area contributed by atoms with Crippen LogP contribution in [0.2, 0.25) is 18.1 Å². The highest BCUT2D eigenvalue weighted by atomic mass is 79.9. The van der Waals surface area contributed by atoms with Crippen LogP contribution in [-0.4, -0.2) is 13.3 Å². The molecule has 1 heterocycles. The first kappa shape index (κ1) is 13.0. The SMILES string of the molecule is CC(C)(C)[Si](C)(C)OCc1ccc(Br)[nH]1. The van der Waals surface area contributed by atoms with Crippen LogP contribution in [0, 0.1) is 0 Å². The van der Waals surface area contributed by atoms with Gasteiger partial charge in [0.05, 0.1) is 11.2 Å². The molecule has 15 heavy (non-hydrogen) atoms. The van der Waals surface area contributed by atoms with E-state index in [0.29, 0.717) is 6.61 Å². The maximum absolute atomic E-state index is 6.08. The minimum absolute atomic E-state index is 0.275. The third-order valence-corrected chi connectivity index (χ3v) is 8.05. The largest absolute Gasteiger partial charge is 0.411 e. The topological polar surface area (TPSA) is 25.0 Å². The van der Waals surface area contributed by atoms with E-state index in [9.17, 15) is 0 Å². The lowest BCUT2D eigenvalue weighted by Crippen LogP contribution is -2.40. The van der Waals surface area contributed by atoms with Crippen molar-refractivity contribution in [3.05, 3.63) is 22.4 Å². The van der Waals surface area contributed by atoms with E-state index < -0.39 is 8.32 Å². The third kappa shape index (κ3) is 3.47. The van der Waals surface area contributed by atoms with Gasteiger partial charge < -0.3 is 9.41 Å². The van der Waals surface area contributed by atoms with E-state index in [1.165, 1.54) is 0 Å². The molecular weight excluding hydrogens is 270 g/mol. The summed E-state index contributed by atoms with van der Waals surface area (Å²) in [7, 11) is -1.61. The number of nitrogens with one attached hydrogen (secondary N) is 1. The van der Waals surface area contributed by atoms with E-state index in [0.717, 1.165) is 10.3 Å². The molecule has 0 aliphatic rings. The van der Waals surface area contributed by atoms with Crippen molar-refractivity contribution in [3.63, 3.8) is 0 Å². The fourth-order valence-electron chi connectivity index (χ4n) is 0.969. The average Bonchev–Trinajstić information content (AvgIpc) is 2.46. The Hall–Kier alpha value is -0.0631. The molecule has 1 rings (SSSR count). The van der Waals surface area contributed by atoms with Crippen molar-refractivity contribution in [1.29, 1.82) is 0 Å². The van der Waals surface area contributed by atoms with Crippen LogP contribution in [0.3, 0.4) is 0 Å².